The predicted molar refractivity (Wildman–Crippen MR) is 91.8 cm³/mol. The van der Waals surface area contributed by atoms with Crippen LogP contribution in [0, 0.1) is 3.57 Å². The zero-order valence-corrected chi connectivity index (χ0v) is 14.1. The van der Waals surface area contributed by atoms with Crippen molar-refractivity contribution >= 4 is 56.8 Å². The van der Waals surface area contributed by atoms with Crippen molar-refractivity contribution in [1.29, 1.82) is 0 Å². The van der Waals surface area contributed by atoms with Crippen molar-refractivity contribution in [3.63, 3.8) is 0 Å². The fourth-order valence-electron chi connectivity index (χ4n) is 1.85. The van der Waals surface area contributed by atoms with E-state index in [-0.39, 0.29) is 12.5 Å². The van der Waals surface area contributed by atoms with Gasteiger partial charge in [0.15, 0.2) is 6.61 Å². The Hall–Kier alpha value is -1.87. The fourth-order valence-corrected chi connectivity index (χ4v) is 2.56. The average molecular weight is 429 g/mol. The first-order chi connectivity index (χ1) is 10.6. The molecular weight excluding hydrogens is 419 g/mol. The second kappa shape index (κ2) is 6.49. The molecule has 1 aromatic heterocycles. The number of carbonyl (C=O) groups excluding carboxylic acids is 1. The molecule has 0 radical (unpaired) electrons. The zero-order valence-electron chi connectivity index (χ0n) is 11.2. The smallest absolute Gasteiger partial charge is 0.265 e. The van der Waals surface area contributed by atoms with Gasteiger partial charge in [-0.25, -0.2) is 0 Å². The summed E-state index contributed by atoms with van der Waals surface area (Å²) in [7, 11) is 0. The summed E-state index contributed by atoms with van der Waals surface area (Å²) in [6, 6.07) is 12.6. The molecule has 1 amide bonds. The number of fused-ring (bicyclic) bond motifs is 1. The third kappa shape index (κ3) is 3.47. The van der Waals surface area contributed by atoms with Gasteiger partial charge < -0.3 is 10.2 Å². The number of nitrogens with zero attached hydrogens (tertiary/aromatic N) is 3. The Morgan fingerprint density at radius 1 is 1.32 bits per heavy atom. The van der Waals surface area contributed by atoms with Crippen LogP contribution in [0.3, 0.4) is 0 Å². The maximum absolute atomic E-state index is 11.9. The zero-order chi connectivity index (χ0) is 15.5. The summed E-state index contributed by atoms with van der Waals surface area (Å²) in [5.74, 6) is -0.285. The van der Waals surface area contributed by atoms with E-state index in [4.69, 9.17) is 16.4 Å². The summed E-state index contributed by atoms with van der Waals surface area (Å²) in [6.45, 7) is -0.184. The SMILES string of the molecule is O=C(COn1nnc2ccc(Cl)cc21)Nc1cccc(I)c1. The van der Waals surface area contributed by atoms with Crippen molar-refractivity contribution in [3.8, 4) is 0 Å². The van der Waals surface area contributed by atoms with Crippen LogP contribution in [0.15, 0.2) is 42.5 Å². The Balaban J connectivity index is 1.66. The average Bonchev–Trinajstić information content (AvgIpc) is 2.87. The number of aromatic nitrogens is 3. The largest absolute Gasteiger partial charge is 0.385 e. The Kier molecular flexibility index (Phi) is 4.44. The van der Waals surface area contributed by atoms with Crippen LogP contribution in [0.25, 0.3) is 11.0 Å². The van der Waals surface area contributed by atoms with E-state index in [0.29, 0.717) is 21.7 Å². The number of benzene rings is 2. The van der Waals surface area contributed by atoms with E-state index in [1.165, 1.54) is 4.85 Å². The third-order valence-electron chi connectivity index (χ3n) is 2.80. The van der Waals surface area contributed by atoms with Gasteiger partial charge in [-0.3, -0.25) is 4.79 Å². The Bertz CT molecular complexity index is 837. The van der Waals surface area contributed by atoms with Gasteiger partial charge in [0.1, 0.15) is 11.0 Å². The van der Waals surface area contributed by atoms with Gasteiger partial charge in [0.2, 0.25) is 0 Å². The molecule has 0 spiro atoms. The Morgan fingerprint density at radius 3 is 3.00 bits per heavy atom. The molecule has 3 aromatic rings. The Labute approximate surface area is 144 Å². The topological polar surface area (TPSA) is 69.0 Å². The van der Waals surface area contributed by atoms with Crippen molar-refractivity contribution in [2.24, 2.45) is 0 Å². The van der Waals surface area contributed by atoms with Crippen molar-refractivity contribution in [3.05, 3.63) is 51.1 Å². The molecule has 112 valence electrons. The lowest BCUT2D eigenvalue weighted by atomic mass is 10.3. The minimum absolute atomic E-state index is 0.184. The maximum Gasteiger partial charge on any atom is 0.265 e. The van der Waals surface area contributed by atoms with E-state index < -0.39 is 0 Å². The molecule has 3 rings (SSSR count). The molecule has 6 nitrogen and oxygen atoms in total. The second-order valence-electron chi connectivity index (χ2n) is 4.43. The molecule has 1 heterocycles. The van der Waals surface area contributed by atoms with Crippen LogP contribution in [0.2, 0.25) is 5.02 Å². The van der Waals surface area contributed by atoms with E-state index in [9.17, 15) is 4.79 Å². The van der Waals surface area contributed by atoms with E-state index in [0.717, 1.165) is 3.57 Å². The number of rotatable bonds is 4. The van der Waals surface area contributed by atoms with Crippen molar-refractivity contribution in [2.75, 3.05) is 11.9 Å². The number of halogens is 2. The number of anilines is 1. The molecule has 0 unspecified atom stereocenters. The first kappa shape index (κ1) is 15.0. The van der Waals surface area contributed by atoms with Crippen LogP contribution in [0.5, 0.6) is 0 Å². The van der Waals surface area contributed by atoms with Crippen LogP contribution in [0.1, 0.15) is 0 Å². The van der Waals surface area contributed by atoms with Gasteiger partial charge in [0.05, 0.1) is 0 Å². The van der Waals surface area contributed by atoms with Gasteiger partial charge in [-0.2, -0.15) is 0 Å². The van der Waals surface area contributed by atoms with Crippen molar-refractivity contribution in [2.45, 2.75) is 0 Å². The molecule has 0 bridgehead atoms. The molecule has 1 N–H and O–H groups in total. The monoisotopic (exact) mass is 428 g/mol. The highest BCUT2D eigenvalue weighted by molar-refractivity contribution is 14.1. The molecule has 0 saturated carbocycles. The van der Waals surface area contributed by atoms with Gasteiger partial charge in [-0.15, -0.1) is 5.10 Å². The summed E-state index contributed by atoms with van der Waals surface area (Å²) >= 11 is 8.11. The van der Waals surface area contributed by atoms with Gasteiger partial charge in [0, 0.05) is 14.3 Å². The summed E-state index contributed by atoms with van der Waals surface area (Å²) in [5.41, 5.74) is 1.96. The minimum atomic E-state index is -0.285. The molecule has 2 aromatic carbocycles. The van der Waals surface area contributed by atoms with Crippen molar-refractivity contribution < 1.29 is 9.63 Å². The van der Waals surface area contributed by atoms with E-state index in [2.05, 4.69) is 38.2 Å². The molecule has 0 saturated heterocycles. The lowest BCUT2D eigenvalue weighted by molar-refractivity contribution is -0.121. The van der Waals surface area contributed by atoms with E-state index >= 15 is 0 Å². The van der Waals surface area contributed by atoms with Crippen LogP contribution in [0.4, 0.5) is 5.69 Å². The van der Waals surface area contributed by atoms with Crippen molar-refractivity contribution in [1.82, 2.24) is 15.2 Å². The highest BCUT2D eigenvalue weighted by Gasteiger charge is 2.09. The lowest BCUT2D eigenvalue weighted by Gasteiger charge is -2.07. The third-order valence-corrected chi connectivity index (χ3v) is 3.71. The van der Waals surface area contributed by atoms with Crippen LogP contribution < -0.4 is 10.2 Å². The number of hydrogen-bond acceptors (Lipinski definition) is 4. The predicted octanol–water partition coefficient (Wildman–Crippen LogP) is 2.76. The highest BCUT2D eigenvalue weighted by atomic mass is 127. The molecule has 0 atom stereocenters. The molecule has 0 aliphatic heterocycles. The second-order valence-corrected chi connectivity index (χ2v) is 6.11. The standard InChI is InChI=1S/C14H10ClIN4O2/c15-9-4-5-12-13(6-9)20(19-18-12)22-8-14(21)17-11-3-1-2-10(16)7-11/h1-7H,8H2,(H,17,21). The number of nitrogens with one attached hydrogen (secondary N) is 1. The summed E-state index contributed by atoms with van der Waals surface area (Å²) in [6.07, 6.45) is 0. The molecule has 0 fully saturated rings. The van der Waals surface area contributed by atoms with Gasteiger partial charge in [-0.1, -0.05) is 22.5 Å². The maximum atomic E-state index is 11.9. The molecule has 0 aliphatic rings. The number of amides is 1. The van der Waals surface area contributed by atoms with Crippen LogP contribution >= 0.6 is 34.2 Å². The molecule has 22 heavy (non-hydrogen) atoms. The molecule has 0 aliphatic carbocycles. The van der Waals surface area contributed by atoms with Crippen LogP contribution in [-0.4, -0.2) is 27.7 Å². The number of hydrogen-bond donors (Lipinski definition) is 1. The minimum Gasteiger partial charge on any atom is -0.385 e. The summed E-state index contributed by atoms with van der Waals surface area (Å²) < 4.78 is 1.04. The van der Waals surface area contributed by atoms with Gasteiger partial charge >= 0.3 is 0 Å². The summed E-state index contributed by atoms with van der Waals surface area (Å²) in [4.78, 5) is 18.4. The van der Waals surface area contributed by atoms with Gasteiger partial charge in [0.25, 0.3) is 5.91 Å². The summed E-state index contributed by atoms with van der Waals surface area (Å²) in [5, 5.41) is 11.1. The highest BCUT2D eigenvalue weighted by Crippen LogP contribution is 2.16. The normalized spacial score (nSPS) is 10.6. The van der Waals surface area contributed by atoms with Gasteiger partial charge in [-0.05, 0) is 64.2 Å². The quantitative estimate of drug-likeness (QED) is 0.649. The lowest BCUT2D eigenvalue weighted by Crippen LogP contribution is -2.26. The van der Waals surface area contributed by atoms with E-state index in [1.54, 1.807) is 18.2 Å². The van der Waals surface area contributed by atoms with Crippen LogP contribution in [-0.2, 0) is 4.79 Å². The molecule has 8 heteroatoms. The fraction of sp³-hybridized carbons (Fsp3) is 0.0714. The van der Waals surface area contributed by atoms with E-state index in [1.807, 2.05) is 24.3 Å². The first-order valence-corrected chi connectivity index (χ1v) is 7.77. The first-order valence-electron chi connectivity index (χ1n) is 6.31. The Morgan fingerprint density at radius 2 is 2.18 bits per heavy atom. The number of carbonyl (C=O) groups is 1. The molecular formula is C14H10ClIN4O2.